The van der Waals surface area contributed by atoms with Crippen molar-refractivity contribution in [2.45, 2.75) is 0 Å². The second-order valence-electron chi connectivity index (χ2n) is 3.58. The Morgan fingerprint density at radius 3 is 2.06 bits per heavy atom. The summed E-state index contributed by atoms with van der Waals surface area (Å²) < 4.78 is 26.9. The van der Waals surface area contributed by atoms with E-state index in [1.165, 1.54) is 18.2 Å². The number of nitrogens with two attached hydrogens (primary N) is 1. The molecule has 0 aliphatic heterocycles. The van der Waals surface area contributed by atoms with E-state index in [0.717, 1.165) is 6.07 Å². The zero-order chi connectivity index (χ0) is 13.4. The van der Waals surface area contributed by atoms with E-state index in [1.807, 2.05) is 0 Å². The van der Waals surface area contributed by atoms with E-state index >= 15 is 0 Å². The highest BCUT2D eigenvalue weighted by Crippen LogP contribution is 2.37. The Morgan fingerprint density at radius 2 is 1.50 bits per heavy atom. The van der Waals surface area contributed by atoms with E-state index in [1.54, 1.807) is 0 Å². The van der Waals surface area contributed by atoms with Crippen molar-refractivity contribution in [2.75, 3.05) is 5.73 Å². The largest absolute Gasteiger partial charge is 0.394 e. The van der Waals surface area contributed by atoms with Crippen molar-refractivity contribution < 1.29 is 8.78 Å². The van der Waals surface area contributed by atoms with Crippen LogP contribution in [0.2, 0.25) is 15.1 Å². The van der Waals surface area contributed by atoms with Gasteiger partial charge in [-0.1, -0.05) is 34.8 Å². The highest BCUT2D eigenvalue weighted by atomic mass is 35.5. The molecular weight excluding hydrogens is 302 g/mol. The Labute approximate surface area is 117 Å². The van der Waals surface area contributed by atoms with Gasteiger partial charge in [-0.15, -0.1) is 0 Å². The van der Waals surface area contributed by atoms with Gasteiger partial charge in [-0.3, -0.25) is 0 Å². The van der Waals surface area contributed by atoms with E-state index in [4.69, 9.17) is 40.5 Å². The van der Waals surface area contributed by atoms with Gasteiger partial charge in [0.2, 0.25) is 0 Å². The molecule has 1 nitrogen and oxygen atoms in total. The maximum Gasteiger partial charge on any atom is 0.156 e. The molecule has 0 saturated carbocycles. The lowest BCUT2D eigenvalue weighted by Gasteiger charge is -2.09. The first-order chi connectivity index (χ1) is 8.41. The highest BCUT2D eigenvalue weighted by molar-refractivity contribution is 6.48. The van der Waals surface area contributed by atoms with Crippen LogP contribution in [0.5, 0.6) is 0 Å². The molecule has 0 aliphatic carbocycles. The zero-order valence-corrected chi connectivity index (χ0v) is 11.0. The molecule has 0 amide bonds. The average molecular weight is 309 g/mol. The third kappa shape index (κ3) is 2.26. The van der Waals surface area contributed by atoms with Gasteiger partial charge in [-0.2, -0.15) is 0 Å². The first kappa shape index (κ1) is 13.4. The number of rotatable bonds is 1. The summed E-state index contributed by atoms with van der Waals surface area (Å²) >= 11 is 17.5. The summed E-state index contributed by atoms with van der Waals surface area (Å²) in [6, 6.07) is 5.21. The van der Waals surface area contributed by atoms with Crippen molar-refractivity contribution in [3.8, 4) is 11.1 Å². The molecule has 0 bridgehead atoms. The third-order valence-electron chi connectivity index (χ3n) is 2.42. The van der Waals surface area contributed by atoms with E-state index in [0.29, 0.717) is 5.56 Å². The highest BCUT2D eigenvalue weighted by Gasteiger charge is 2.14. The van der Waals surface area contributed by atoms with Crippen LogP contribution in [0.4, 0.5) is 14.5 Å². The number of hydrogen-bond donors (Lipinski definition) is 1. The Balaban J connectivity index is 2.67. The molecule has 0 radical (unpaired) electrons. The topological polar surface area (TPSA) is 26.0 Å². The van der Waals surface area contributed by atoms with E-state index in [9.17, 15) is 8.78 Å². The van der Waals surface area contributed by atoms with Crippen molar-refractivity contribution in [3.05, 3.63) is 51.0 Å². The predicted molar refractivity (Wildman–Crippen MR) is 71.2 cm³/mol. The summed E-state index contributed by atoms with van der Waals surface area (Å²) in [5.41, 5.74) is 5.22. The van der Waals surface area contributed by atoms with Crippen LogP contribution in [0.1, 0.15) is 0 Å². The summed E-state index contributed by atoms with van der Waals surface area (Å²) in [5.74, 6) is -1.67. The first-order valence-corrected chi connectivity index (χ1v) is 5.93. The molecule has 0 spiro atoms. The van der Waals surface area contributed by atoms with Crippen LogP contribution in [0.25, 0.3) is 11.1 Å². The molecule has 0 aromatic heterocycles. The lowest BCUT2D eigenvalue weighted by Crippen LogP contribution is -1.97. The average Bonchev–Trinajstić information content (AvgIpc) is 2.33. The van der Waals surface area contributed by atoms with E-state index in [-0.39, 0.29) is 20.6 Å². The van der Waals surface area contributed by atoms with Crippen molar-refractivity contribution in [2.24, 2.45) is 0 Å². The minimum Gasteiger partial charge on any atom is -0.394 e. The molecule has 0 saturated heterocycles. The smallest absolute Gasteiger partial charge is 0.156 e. The minimum atomic E-state index is -0.857. The molecule has 6 heteroatoms. The van der Waals surface area contributed by atoms with Crippen LogP contribution in [0.3, 0.4) is 0 Å². The lowest BCUT2D eigenvalue weighted by atomic mass is 10.0. The van der Waals surface area contributed by atoms with Gasteiger partial charge in [0.05, 0.1) is 15.1 Å². The summed E-state index contributed by atoms with van der Waals surface area (Å²) in [6.07, 6.45) is 0. The molecule has 18 heavy (non-hydrogen) atoms. The van der Waals surface area contributed by atoms with Gasteiger partial charge in [0.1, 0.15) is 11.5 Å². The molecule has 2 aromatic rings. The number of anilines is 1. The van der Waals surface area contributed by atoms with Gasteiger partial charge >= 0.3 is 0 Å². The van der Waals surface area contributed by atoms with Gasteiger partial charge < -0.3 is 5.73 Å². The van der Waals surface area contributed by atoms with Gasteiger partial charge in [0, 0.05) is 5.56 Å². The second kappa shape index (κ2) is 4.92. The van der Waals surface area contributed by atoms with Crippen molar-refractivity contribution in [1.82, 2.24) is 0 Å². The van der Waals surface area contributed by atoms with Gasteiger partial charge in [-0.25, -0.2) is 8.78 Å². The second-order valence-corrected chi connectivity index (χ2v) is 4.77. The summed E-state index contributed by atoms with van der Waals surface area (Å²) in [4.78, 5) is 0. The fourth-order valence-corrected chi connectivity index (χ4v) is 2.10. The Hall–Kier alpha value is -1.03. The third-order valence-corrected chi connectivity index (χ3v) is 3.62. The minimum absolute atomic E-state index is 0.106. The van der Waals surface area contributed by atoms with Gasteiger partial charge in [0.25, 0.3) is 0 Å². The lowest BCUT2D eigenvalue weighted by molar-refractivity contribution is 0.594. The van der Waals surface area contributed by atoms with E-state index < -0.39 is 17.3 Å². The molecule has 0 aliphatic rings. The molecule has 94 valence electrons. The molecular formula is C12H6Cl3F2N. The zero-order valence-electron chi connectivity index (χ0n) is 8.78. The Bertz CT molecular complexity index is 606. The maximum atomic E-state index is 13.8. The van der Waals surface area contributed by atoms with Crippen molar-refractivity contribution in [3.63, 3.8) is 0 Å². The van der Waals surface area contributed by atoms with Gasteiger partial charge in [0.15, 0.2) is 5.82 Å². The predicted octanol–water partition coefficient (Wildman–Crippen LogP) is 5.17. The molecule has 0 unspecified atom stereocenters. The molecule has 0 atom stereocenters. The Kier molecular flexibility index (Phi) is 3.66. The quantitative estimate of drug-likeness (QED) is 0.570. The molecule has 2 rings (SSSR count). The summed E-state index contributed by atoms with van der Waals surface area (Å²) in [6.45, 7) is 0. The normalized spacial score (nSPS) is 10.7. The fourth-order valence-electron chi connectivity index (χ4n) is 1.50. The number of hydrogen-bond acceptors (Lipinski definition) is 1. The number of halogens is 5. The van der Waals surface area contributed by atoms with Crippen LogP contribution in [-0.2, 0) is 0 Å². The van der Waals surface area contributed by atoms with Crippen LogP contribution >= 0.6 is 34.8 Å². The fraction of sp³-hybridized carbons (Fsp3) is 0. The Morgan fingerprint density at radius 1 is 0.944 bits per heavy atom. The van der Waals surface area contributed by atoms with E-state index in [2.05, 4.69) is 0 Å². The molecule has 2 aromatic carbocycles. The van der Waals surface area contributed by atoms with Crippen molar-refractivity contribution >= 4 is 40.5 Å². The standard InChI is InChI=1S/C12H6Cl3F2N/c13-7-3-5(4-8(14)10(7)15)6-1-2-9(16)12(18)11(6)17/h1-4H,18H2. The van der Waals surface area contributed by atoms with Gasteiger partial charge in [-0.05, 0) is 29.8 Å². The first-order valence-electron chi connectivity index (χ1n) is 4.80. The SMILES string of the molecule is Nc1c(F)ccc(-c2cc(Cl)c(Cl)c(Cl)c2)c1F. The van der Waals surface area contributed by atoms with Crippen LogP contribution in [-0.4, -0.2) is 0 Å². The monoisotopic (exact) mass is 307 g/mol. The number of nitrogen functional groups attached to an aromatic ring is 1. The maximum absolute atomic E-state index is 13.8. The van der Waals surface area contributed by atoms with Crippen LogP contribution in [0.15, 0.2) is 24.3 Å². The van der Waals surface area contributed by atoms with Crippen molar-refractivity contribution in [1.29, 1.82) is 0 Å². The number of benzene rings is 2. The summed E-state index contributed by atoms with van der Waals surface area (Å²) in [5, 5.41) is 0.542. The molecule has 0 fully saturated rings. The summed E-state index contributed by atoms with van der Waals surface area (Å²) in [7, 11) is 0. The van der Waals surface area contributed by atoms with Crippen LogP contribution < -0.4 is 5.73 Å². The molecule has 0 heterocycles. The molecule has 2 N–H and O–H groups in total. The van der Waals surface area contributed by atoms with Crippen LogP contribution in [0, 0.1) is 11.6 Å².